The van der Waals surface area contributed by atoms with E-state index in [1.54, 1.807) is 23.9 Å². The van der Waals surface area contributed by atoms with E-state index in [9.17, 15) is 4.39 Å². The molecule has 0 aromatic heterocycles. The van der Waals surface area contributed by atoms with E-state index < -0.39 is 0 Å². The summed E-state index contributed by atoms with van der Waals surface area (Å²) < 4.78 is 13.5. The molecule has 3 unspecified atom stereocenters. The molecule has 0 radical (unpaired) electrons. The van der Waals surface area contributed by atoms with Gasteiger partial charge in [0.05, 0.1) is 4.75 Å². The van der Waals surface area contributed by atoms with E-state index in [2.05, 4.69) is 37.2 Å². The van der Waals surface area contributed by atoms with Crippen LogP contribution in [0.2, 0.25) is 0 Å². The Kier molecular flexibility index (Phi) is 5.99. The third-order valence-corrected chi connectivity index (χ3v) is 7.57. The highest BCUT2D eigenvalue weighted by atomic mass is 32.2. The fraction of sp³-hybridized carbons (Fsp3) is 0.714. The van der Waals surface area contributed by atoms with Gasteiger partial charge in [-0.15, -0.1) is 11.8 Å². The summed E-state index contributed by atoms with van der Waals surface area (Å²) in [5.74, 6) is 2.43. The summed E-state index contributed by atoms with van der Waals surface area (Å²) >= 11 is 1.77. The lowest BCUT2D eigenvalue weighted by Crippen LogP contribution is -2.46. The highest BCUT2D eigenvalue weighted by Gasteiger charge is 2.44. The van der Waals surface area contributed by atoms with E-state index in [1.165, 1.54) is 25.0 Å². The third kappa shape index (κ3) is 4.00. The maximum Gasteiger partial charge on any atom is 0.120 e. The van der Waals surface area contributed by atoms with Gasteiger partial charge in [-0.2, -0.15) is 0 Å². The summed E-state index contributed by atoms with van der Waals surface area (Å²) in [6.07, 6.45) is 10.6. The van der Waals surface area contributed by atoms with Crippen molar-refractivity contribution >= 4 is 11.8 Å². The average Bonchev–Trinajstić information content (AvgIpc) is 2.89. The maximum atomic E-state index is 13.7. The molecule has 2 aliphatic heterocycles. The summed E-state index contributed by atoms with van der Waals surface area (Å²) in [6, 6.07) is 0. The van der Waals surface area contributed by atoms with Gasteiger partial charge in [-0.3, -0.25) is 0 Å². The van der Waals surface area contributed by atoms with Gasteiger partial charge in [0.2, 0.25) is 0 Å². The number of hydrogen-bond acceptors (Lipinski definition) is 3. The molecule has 25 heavy (non-hydrogen) atoms. The van der Waals surface area contributed by atoms with E-state index in [0.29, 0.717) is 17.8 Å². The van der Waals surface area contributed by atoms with Crippen LogP contribution in [0.3, 0.4) is 0 Å². The van der Waals surface area contributed by atoms with Crippen molar-refractivity contribution in [3.05, 3.63) is 35.2 Å². The number of fused-ring (bicyclic) bond motifs is 1. The first-order chi connectivity index (χ1) is 11.9. The highest BCUT2D eigenvalue weighted by molar-refractivity contribution is 8.03. The van der Waals surface area contributed by atoms with Gasteiger partial charge in [-0.1, -0.05) is 32.8 Å². The number of hydrogen-bond donors (Lipinski definition) is 1. The lowest BCUT2D eigenvalue weighted by Gasteiger charge is -2.45. The van der Waals surface area contributed by atoms with Crippen molar-refractivity contribution in [2.24, 2.45) is 29.4 Å². The second-order valence-electron chi connectivity index (χ2n) is 8.37. The number of unbranched alkanes of at least 4 members (excludes halogenated alkanes) is 2. The molecule has 140 valence electrons. The van der Waals surface area contributed by atoms with E-state index in [0.717, 1.165) is 32.0 Å². The first-order valence-corrected chi connectivity index (χ1v) is 10.7. The SMILES string of the molecule is C[C@@H]1CN(C2=CSC3(C)C=C(F)C=CC23)C[C@H](C)C1CCCCCN. The van der Waals surface area contributed by atoms with Crippen LogP contribution in [0.15, 0.2) is 35.2 Å². The van der Waals surface area contributed by atoms with E-state index in [4.69, 9.17) is 5.73 Å². The standard InChI is InChI=1S/C21H33FN2S/c1-15-12-24(13-16(2)18(15)7-5-4-6-10-23)20-14-25-21(3)11-17(22)8-9-19(20)21/h8-9,11,14-16,18-19H,4-7,10,12-13,23H2,1-3H3/t15-,16+,18?,19?,21?. The normalized spacial score (nSPS) is 37.7. The fourth-order valence-electron chi connectivity index (χ4n) is 4.90. The van der Waals surface area contributed by atoms with Crippen molar-refractivity contribution < 1.29 is 4.39 Å². The molecule has 5 atom stereocenters. The van der Waals surface area contributed by atoms with Gasteiger partial charge in [-0.05, 0) is 61.6 Å². The molecule has 4 heteroatoms. The molecule has 0 saturated carbocycles. The lowest BCUT2D eigenvalue weighted by molar-refractivity contribution is 0.0887. The predicted molar refractivity (Wildman–Crippen MR) is 107 cm³/mol. The second kappa shape index (κ2) is 7.87. The molecule has 1 saturated heterocycles. The summed E-state index contributed by atoms with van der Waals surface area (Å²) in [5.41, 5.74) is 7.01. The molecule has 0 aromatic carbocycles. The Bertz CT molecular complexity index is 558. The highest BCUT2D eigenvalue weighted by Crippen LogP contribution is 2.51. The van der Waals surface area contributed by atoms with Crippen molar-refractivity contribution in [3.63, 3.8) is 0 Å². The van der Waals surface area contributed by atoms with Crippen molar-refractivity contribution in [3.8, 4) is 0 Å². The van der Waals surface area contributed by atoms with E-state index in [1.807, 2.05) is 0 Å². The lowest BCUT2D eigenvalue weighted by atomic mass is 9.75. The topological polar surface area (TPSA) is 29.3 Å². The molecule has 3 rings (SSSR count). The largest absolute Gasteiger partial charge is 0.373 e. The zero-order chi connectivity index (χ0) is 18.0. The van der Waals surface area contributed by atoms with Crippen LogP contribution in [0.4, 0.5) is 4.39 Å². The zero-order valence-corrected chi connectivity index (χ0v) is 16.7. The molecule has 0 amide bonds. The number of halogens is 1. The summed E-state index contributed by atoms with van der Waals surface area (Å²) in [6.45, 7) is 10.1. The minimum absolute atomic E-state index is 0.0983. The van der Waals surface area contributed by atoms with Gasteiger partial charge in [-0.25, -0.2) is 4.39 Å². The molecular formula is C21H33FN2S. The zero-order valence-electron chi connectivity index (χ0n) is 15.9. The Labute approximate surface area is 156 Å². The Morgan fingerprint density at radius 1 is 1.24 bits per heavy atom. The third-order valence-electron chi connectivity index (χ3n) is 6.33. The Morgan fingerprint density at radius 2 is 1.96 bits per heavy atom. The van der Waals surface area contributed by atoms with Crippen LogP contribution < -0.4 is 5.73 Å². The molecule has 0 aromatic rings. The first kappa shape index (κ1) is 19.0. The predicted octanol–water partition coefficient (Wildman–Crippen LogP) is 5.10. The second-order valence-corrected chi connectivity index (χ2v) is 9.72. The molecular weight excluding hydrogens is 331 g/mol. The maximum absolute atomic E-state index is 13.7. The van der Waals surface area contributed by atoms with Gasteiger partial charge < -0.3 is 10.6 Å². The monoisotopic (exact) mass is 364 g/mol. The van der Waals surface area contributed by atoms with Crippen LogP contribution >= 0.6 is 11.8 Å². The summed E-state index contributed by atoms with van der Waals surface area (Å²) in [7, 11) is 0. The summed E-state index contributed by atoms with van der Waals surface area (Å²) in [5, 5.41) is 2.28. The minimum Gasteiger partial charge on any atom is -0.373 e. The Balaban J connectivity index is 1.62. The van der Waals surface area contributed by atoms with Crippen LogP contribution in [0.25, 0.3) is 0 Å². The van der Waals surface area contributed by atoms with Gasteiger partial charge in [0.15, 0.2) is 0 Å². The Hall–Kier alpha value is -0.740. The number of piperidine rings is 1. The summed E-state index contributed by atoms with van der Waals surface area (Å²) in [4.78, 5) is 2.58. The van der Waals surface area contributed by atoms with Crippen LogP contribution in [0.1, 0.15) is 46.5 Å². The molecule has 0 bridgehead atoms. The Morgan fingerprint density at radius 3 is 2.64 bits per heavy atom. The quantitative estimate of drug-likeness (QED) is 0.665. The van der Waals surface area contributed by atoms with Crippen molar-refractivity contribution in [1.29, 1.82) is 0 Å². The van der Waals surface area contributed by atoms with E-state index >= 15 is 0 Å². The van der Waals surface area contributed by atoms with Gasteiger partial charge >= 0.3 is 0 Å². The molecule has 2 N–H and O–H groups in total. The van der Waals surface area contributed by atoms with Gasteiger partial charge in [0.1, 0.15) is 5.83 Å². The smallest absolute Gasteiger partial charge is 0.120 e. The fourth-order valence-corrected chi connectivity index (χ4v) is 6.10. The number of nitrogens with two attached hydrogens (primary N) is 1. The van der Waals surface area contributed by atoms with Crippen LogP contribution in [0, 0.1) is 23.7 Å². The van der Waals surface area contributed by atoms with E-state index in [-0.39, 0.29) is 10.6 Å². The minimum atomic E-state index is -0.153. The van der Waals surface area contributed by atoms with Gasteiger partial charge in [0.25, 0.3) is 0 Å². The van der Waals surface area contributed by atoms with Crippen molar-refractivity contribution in [2.75, 3.05) is 19.6 Å². The molecule has 3 aliphatic rings. The average molecular weight is 365 g/mol. The molecule has 1 aliphatic carbocycles. The van der Waals surface area contributed by atoms with Crippen LogP contribution in [0.5, 0.6) is 0 Å². The molecule has 2 nitrogen and oxygen atoms in total. The number of likely N-dealkylation sites (tertiary alicyclic amines) is 1. The number of allylic oxidation sites excluding steroid dienone is 3. The van der Waals surface area contributed by atoms with Gasteiger partial charge in [0, 0.05) is 24.7 Å². The molecule has 2 heterocycles. The number of rotatable bonds is 6. The van der Waals surface area contributed by atoms with Crippen LogP contribution in [-0.2, 0) is 0 Å². The van der Waals surface area contributed by atoms with Crippen molar-refractivity contribution in [2.45, 2.75) is 51.2 Å². The first-order valence-electron chi connectivity index (χ1n) is 9.84. The van der Waals surface area contributed by atoms with Crippen LogP contribution in [-0.4, -0.2) is 29.3 Å². The number of nitrogens with zero attached hydrogens (tertiary/aromatic N) is 1. The molecule has 1 fully saturated rings. The number of thioether (sulfide) groups is 1. The molecule has 0 spiro atoms. The van der Waals surface area contributed by atoms with Crippen molar-refractivity contribution in [1.82, 2.24) is 4.90 Å².